The quantitative estimate of drug-likeness (QED) is 0.214. The van der Waals surface area contributed by atoms with Crippen molar-refractivity contribution in [1.82, 2.24) is 0 Å². The Labute approximate surface area is 268 Å². The zero-order valence-corrected chi connectivity index (χ0v) is 19.2. The monoisotopic (exact) mass is 593 g/mol. The molecule has 0 aromatic rings. The fraction of sp³-hybridized carbons (Fsp3) is 0.647. The van der Waals surface area contributed by atoms with Crippen LogP contribution in [0.5, 0.6) is 0 Å². The molecule has 0 aliphatic heterocycles. The summed E-state index contributed by atoms with van der Waals surface area (Å²) in [6, 6.07) is 15.3. The number of rotatable bonds is 6. The van der Waals surface area contributed by atoms with E-state index in [9.17, 15) is 0 Å². The van der Waals surface area contributed by atoms with Gasteiger partial charge < -0.3 is 0 Å². The van der Waals surface area contributed by atoms with E-state index in [0.29, 0.717) is 38.5 Å². The average Bonchev–Trinajstić information content (AvgIpc) is 2.85. The molecule has 0 rings (SSSR count). The van der Waals surface area contributed by atoms with Crippen LogP contribution < -0.4 is 0 Å². The first-order valence-corrected chi connectivity index (χ1v) is 9.72. The summed E-state index contributed by atoms with van der Waals surface area (Å²) in [6.45, 7) is 9.88. The maximum atomic E-state index is 8.03. The molecule has 0 aromatic heterocycles. The van der Waals surface area contributed by atoms with Gasteiger partial charge in [-0.2, -0.15) is 42.1 Å². The normalized spacial score (nSPS) is 4.43. The Hall–Kier alpha value is -4.60. The summed E-state index contributed by atoms with van der Waals surface area (Å²) in [5, 5.41) is 62.4. The van der Waals surface area contributed by atoms with E-state index in [0.717, 1.165) is 25.7 Å². The molecule has 8 nitrogen and oxygen atoms in total. The van der Waals surface area contributed by atoms with Gasteiger partial charge in [0.25, 0.3) is 0 Å². The number of nitriles is 8. The molecule has 248 valence electrons. The van der Waals surface area contributed by atoms with Crippen molar-refractivity contribution >= 4 is 0 Å². The van der Waals surface area contributed by atoms with Crippen molar-refractivity contribution in [3.63, 3.8) is 0 Å². The van der Waals surface area contributed by atoms with Gasteiger partial charge in [-0.25, -0.2) is 0 Å². The van der Waals surface area contributed by atoms with Crippen LogP contribution in [-0.4, -0.2) is 0 Å². The fourth-order valence-corrected chi connectivity index (χ4v) is 0.816. The summed E-state index contributed by atoms with van der Waals surface area (Å²) in [7, 11) is 0. The Kier molecular flexibility index (Phi) is 496. The molecule has 0 amide bonds. The molecule has 0 atom stereocenters. The van der Waals surface area contributed by atoms with Gasteiger partial charge in [-0.3, -0.25) is 0 Å². The van der Waals surface area contributed by atoms with Crippen molar-refractivity contribution in [2.75, 3.05) is 0 Å². The van der Waals surface area contributed by atoms with Gasteiger partial charge in [0.1, 0.15) is 0 Å². The van der Waals surface area contributed by atoms with Crippen molar-refractivity contribution in [2.24, 2.45) is 0 Å². The largest absolute Gasteiger partial charge is 0.198 e. The molecule has 42 heavy (non-hydrogen) atoms. The first kappa shape index (κ1) is 108. The number of hydrogen-bond donors (Lipinski definition) is 0. The molecule has 0 aliphatic rings. The summed E-state index contributed by atoms with van der Waals surface area (Å²) in [6.07, 6.45) is 9.41. The van der Waals surface area contributed by atoms with Crippen LogP contribution in [0.2, 0.25) is 0 Å². The molecule has 0 spiro atoms. The number of allylic oxidation sites excluding steroid dienone is 2. The zero-order chi connectivity index (χ0) is 26.1. The third-order valence-corrected chi connectivity index (χ3v) is 2.15. The van der Waals surface area contributed by atoms with Gasteiger partial charge in [-0.1, -0.05) is 101 Å². The van der Waals surface area contributed by atoms with Crippen LogP contribution in [0.25, 0.3) is 0 Å². The van der Waals surface area contributed by atoms with Crippen LogP contribution in [-0.2, 0) is 0 Å². The molecule has 0 saturated heterocycles. The lowest BCUT2D eigenvalue weighted by molar-refractivity contribution is 0.773. The molecule has 0 aromatic carbocycles. The van der Waals surface area contributed by atoms with Crippen LogP contribution in [0.1, 0.15) is 152 Å². The fourth-order valence-electron chi connectivity index (χ4n) is 0.816. The van der Waals surface area contributed by atoms with Gasteiger partial charge in [0.2, 0.25) is 0 Å². The lowest BCUT2D eigenvalue weighted by Crippen LogP contribution is -1.70. The topological polar surface area (TPSA) is 190 Å². The summed E-state index contributed by atoms with van der Waals surface area (Å²) in [5.41, 5.74) is 0. The third-order valence-electron chi connectivity index (χ3n) is 2.15. The first-order valence-electron chi connectivity index (χ1n) is 9.72. The highest BCUT2D eigenvalue weighted by Gasteiger charge is 1.83. The van der Waals surface area contributed by atoms with Crippen LogP contribution in [0.3, 0.4) is 0 Å². The molecular formula is C34H72N8. The maximum absolute atomic E-state index is 8.03. The van der Waals surface area contributed by atoms with Crippen molar-refractivity contribution in [3.8, 4) is 48.6 Å². The standard InChI is InChI=1S/2C6H8N2.2C3H5N.2C3H3N.10CH4/c2*7-5-3-1-2-4-6-8;4*1-2-3-4;;;;;;;;;;/h2*1-4H2;2*2H2,1H3;2*2H,1H2;10*1H4. The lowest BCUT2D eigenvalue weighted by atomic mass is 10.2. The summed E-state index contributed by atoms with van der Waals surface area (Å²) < 4.78 is 0. The summed E-state index contributed by atoms with van der Waals surface area (Å²) in [4.78, 5) is 0. The van der Waals surface area contributed by atoms with Gasteiger partial charge in [0.05, 0.1) is 48.6 Å². The molecule has 0 saturated carbocycles. The van der Waals surface area contributed by atoms with E-state index >= 15 is 0 Å². The molecular weight excluding hydrogens is 520 g/mol. The highest BCUT2D eigenvalue weighted by Crippen LogP contribution is 1.96. The molecule has 0 bridgehead atoms. The van der Waals surface area contributed by atoms with E-state index in [1.807, 2.05) is 50.3 Å². The maximum Gasteiger partial charge on any atom is 0.0905 e. The molecule has 0 radical (unpaired) electrons. The first-order chi connectivity index (χ1) is 15.5. The van der Waals surface area contributed by atoms with Crippen molar-refractivity contribution in [2.45, 2.75) is 152 Å². The second-order valence-corrected chi connectivity index (χ2v) is 4.74. The van der Waals surface area contributed by atoms with Crippen molar-refractivity contribution in [3.05, 3.63) is 25.3 Å². The highest BCUT2D eigenvalue weighted by molar-refractivity contribution is 4.94. The van der Waals surface area contributed by atoms with E-state index < -0.39 is 0 Å². The predicted octanol–water partition coefficient (Wildman–Crippen LogP) is 12.8. The number of nitrogens with zero attached hydrogens (tertiary/aromatic N) is 8. The van der Waals surface area contributed by atoms with Gasteiger partial charge in [-0.15, -0.1) is 0 Å². The summed E-state index contributed by atoms with van der Waals surface area (Å²) in [5.74, 6) is 0. The molecule has 0 heterocycles. The molecule has 0 unspecified atom stereocenters. The van der Waals surface area contributed by atoms with Gasteiger partial charge in [-0.05, 0) is 25.7 Å². The van der Waals surface area contributed by atoms with Gasteiger partial charge in [0.15, 0.2) is 0 Å². The Morgan fingerprint density at radius 2 is 0.500 bits per heavy atom. The third kappa shape index (κ3) is 474. The second-order valence-electron chi connectivity index (χ2n) is 4.74. The Morgan fingerprint density at radius 3 is 0.548 bits per heavy atom. The molecule has 0 fully saturated rings. The van der Waals surface area contributed by atoms with E-state index in [2.05, 4.69) is 13.2 Å². The predicted molar refractivity (Wildman–Crippen MR) is 190 cm³/mol. The van der Waals surface area contributed by atoms with Crippen LogP contribution in [0.15, 0.2) is 25.3 Å². The SMILES string of the molecule is C.C.C.C.C.C.C.C.C.C.C=CC#N.C=CC#N.CCC#N.CCC#N.N#CCCCCC#N.N#CCCCCC#N. The van der Waals surface area contributed by atoms with Crippen LogP contribution >= 0.6 is 0 Å². The van der Waals surface area contributed by atoms with Crippen molar-refractivity contribution < 1.29 is 0 Å². The minimum Gasteiger partial charge on any atom is -0.198 e. The molecule has 0 aliphatic carbocycles. The highest BCUT2D eigenvalue weighted by atomic mass is 14.2. The van der Waals surface area contributed by atoms with E-state index in [-0.39, 0.29) is 74.3 Å². The summed E-state index contributed by atoms with van der Waals surface area (Å²) >= 11 is 0. The van der Waals surface area contributed by atoms with Gasteiger partial charge >= 0.3 is 0 Å². The molecule has 0 N–H and O–H groups in total. The van der Waals surface area contributed by atoms with E-state index in [1.165, 1.54) is 12.2 Å². The van der Waals surface area contributed by atoms with E-state index in [4.69, 9.17) is 42.1 Å². The molecule has 8 heteroatoms. The van der Waals surface area contributed by atoms with Crippen molar-refractivity contribution in [1.29, 1.82) is 42.1 Å². The van der Waals surface area contributed by atoms with Crippen LogP contribution in [0.4, 0.5) is 0 Å². The Bertz CT molecular complexity index is 621. The minimum atomic E-state index is 0. The minimum absolute atomic E-state index is 0. The second kappa shape index (κ2) is 192. The number of unbranched alkanes of at least 4 members (excludes halogenated alkanes) is 6. The van der Waals surface area contributed by atoms with Gasteiger partial charge in [0, 0.05) is 50.7 Å². The number of hydrogen-bond acceptors (Lipinski definition) is 8. The van der Waals surface area contributed by atoms with Crippen LogP contribution in [0, 0.1) is 90.6 Å². The average molecular weight is 593 g/mol. The zero-order valence-electron chi connectivity index (χ0n) is 19.2. The van der Waals surface area contributed by atoms with E-state index in [1.54, 1.807) is 12.1 Å². The Balaban J connectivity index is -0.0000000135. The Morgan fingerprint density at radius 1 is 0.381 bits per heavy atom. The lowest BCUT2D eigenvalue weighted by Gasteiger charge is -1.83. The smallest absolute Gasteiger partial charge is 0.0905 e.